The molecule has 1 spiro atoms. The summed E-state index contributed by atoms with van der Waals surface area (Å²) in [5.74, 6) is 0.238. The van der Waals surface area contributed by atoms with Crippen molar-refractivity contribution in [3.05, 3.63) is 12.4 Å². The van der Waals surface area contributed by atoms with Crippen LogP contribution in [0.25, 0.3) is 0 Å². The molecule has 3 saturated heterocycles. The second-order valence-corrected chi connectivity index (χ2v) is 7.35. The molecule has 0 bridgehead atoms. The van der Waals surface area contributed by atoms with Gasteiger partial charge in [0.2, 0.25) is 11.8 Å². The lowest BCUT2D eigenvalue weighted by molar-refractivity contribution is -0.151. The van der Waals surface area contributed by atoms with Crippen LogP contribution in [0.5, 0.6) is 0 Å². The summed E-state index contributed by atoms with van der Waals surface area (Å²) in [5.41, 5.74) is -0.385. The van der Waals surface area contributed by atoms with E-state index in [1.54, 1.807) is 12.4 Å². The Hall–Kier alpha value is -1.96. The number of likely N-dealkylation sites (tertiary alicyclic amines) is 2. The van der Waals surface area contributed by atoms with Crippen molar-refractivity contribution in [2.45, 2.75) is 44.7 Å². The summed E-state index contributed by atoms with van der Waals surface area (Å²) in [6.07, 6.45) is 7.65. The molecule has 2 amide bonds. The van der Waals surface area contributed by atoms with Crippen LogP contribution in [0.2, 0.25) is 0 Å². The highest BCUT2D eigenvalue weighted by molar-refractivity contribution is 5.86. The van der Waals surface area contributed by atoms with Gasteiger partial charge in [-0.15, -0.1) is 0 Å². The SMILES string of the molecule is O=C(Cn1nccn1)N1CCC2(CCCN(C3CCOCC3)C2=O)C1. The van der Waals surface area contributed by atoms with Crippen LogP contribution in [0.4, 0.5) is 0 Å². The molecule has 0 N–H and O–H groups in total. The van der Waals surface area contributed by atoms with E-state index >= 15 is 0 Å². The summed E-state index contributed by atoms with van der Waals surface area (Å²) < 4.78 is 5.44. The molecule has 136 valence electrons. The summed E-state index contributed by atoms with van der Waals surface area (Å²) in [6.45, 7) is 3.64. The number of carbonyl (C=O) groups excluding carboxylic acids is 2. The van der Waals surface area contributed by atoms with Crippen molar-refractivity contribution in [3.8, 4) is 0 Å². The molecular formula is C17H25N5O3. The summed E-state index contributed by atoms with van der Waals surface area (Å²) in [5, 5.41) is 7.98. The first kappa shape index (κ1) is 16.5. The number of rotatable bonds is 3. The van der Waals surface area contributed by atoms with E-state index in [0.717, 1.165) is 51.9 Å². The van der Waals surface area contributed by atoms with Crippen LogP contribution in [-0.2, 0) is 20.9 Å². The first-order valence-corrected chi connectivity index (χ1v) is 9.19. The number of ether oxygens (including phenoxy) is 1. The summed E-state index contributed by atoms with van der Waals surface area (Å²) in [4.78, 5) is 31.0. The summed E-state index contributed by atoms with van der Waals surface area (Å²) in [6, 6.07) is 0.302. The molecule has 0 aliphatic carbocycles. The van der Waals surface area contributed by atoms with Gasteiger partial charge in [-0.25, -0.2) is 0 Å². The number of hydrogen-bond donors (Lipinski definition) is 0. The third-order valence-corrected chi connectivity index (χ3v) is 5.85. The van der Waals surface area contributed by atoms with Crippen molar-refractivity contribution in [3.63, 3.8) is 0 Å². The van der Waals surface area contributed by atoms with E-state index in [2.05, 4.69) is 15.1 Å². The van der Waals surface area contributed by atoms with Crippen LogP contribution in [0.3, 0.4) is 0 Å². The van der Waals surface area contributed by atoms with Gasteiger partial charge in [0, 0.05) is 38.9 Å². The zero-order chi connectivity index (χ0) is 17.3. The van der Waals surface area contributed by atoms with E-state index in [0.29, 0.717) is 19.1 Å². The molecule has 3 aliphatic heterocycles. The van der Waals surface area contributed by atoms with Crippen molar-refractivity contribution in [2.24, 2.45) is 5.41 Å². The molecule has 8 heteroatoms. The Morgan fingerprint density at radius 1 is 1.20 bits per heavy atom. The first-order chi connectivity index (χ1) is 12.2. The van der Waals surface area contributed by atoms with Gasteiger partial charge < -0.3 is 14.5 Å². The molecule has 3 aliphatic rings. The number of piperidine rings is 1. The molecule has 4 heterocycles. The number of carbonyl (C=O) groups is 2. The largest absolute Gasteiger partial charge is 0.381 e. The van der Waals surface area contributed by atoms with Gasteiger partial charge in [0.05, 0.1) is 17.8 Å². The van der Waals surface area contributed by atoms with Crippen molar-refractivity contribution in [2.75, 3.05) is 32.8 Å². The Morgan fingerprint density at radius 3 is 2.72 bits per heavy atom. The third-order valence-electron chi connectivity index (χ3n) is 5.85. The van der Waals surface area contributed by atoms with Crippen molar-refractivity contribution >= 4 is 11.8 Å². The third kappa shape index (κ3) is 3.15. The van der Waals surface area contributed by atoms with Crippen LogP contribution in [-0.4, -0.2) is 75.5 Å². The highest BCUT2D eigenvalue weighted by Crippen LogP contribution is 2.41. The molecule has 1 unspecified atom stereocenters. The second-order valence-electron chi connectivity index (χ2n) is 7.35. The minimum atomic E-state index is -0.385. The molecule has 1 aromatic rings. The lowest BCUT2D eigenvalue weighted by atomic mass is 9.77. The maximum absolute atomic E-state index is 13.3. The van der Waals surface area contributed by atoms with Crippen molar-refractivity contribution in [1.29, 1.82) is 0 Å². The predicted molar refractivity (Wildman–Crippen MR) is 88.4 cm³/mol. The average Bonchev–Trinajstić information content (AvgIpc) is 3.29. The molecule has 0 aromatic carbocycles. The van der Waals surface area contributed by atoms with Gasteiger partial charge in [-0.3, -0.25) is 9.59 Å². The molecule has 3 fully saturated rings. The molecule has 0 saturated carbocycles. The van der Waals surface area contributed by atoms with Crippen molar-refractivity contribution < 1.29 is 14.3 Å². The zero-order valence-corrected chi connectivity index (χ0v) is 14.5. The topological polar surface area (TPSA) is 80.6 Å². The van der Waals surface area contributed by atoms with Crippen LogP contribution in [0, 0.1) is 5.41 Å². The Morgan fingerprint density at radius 2 is 1.96 bits per heavy atom. The Labute approximate surface area is 147 Å². The van der Waals surface area contributed by atoms with E-state index in [9.17, 15) is 9.59 Å². The Kier molecular flexibility index (Phi) is 4.45. The monoisotopic (exact) mass is 347 g/mol. The van der Waals surface area contributed by atoms with E-state index < -0.39 is 0 Å². The Balaban J connectivity index is 1.42. The smallest absolute Gasteiger partial charge is 0.246 e. The van der Waals surface area contributed by atoms with Gasteiger partial charge in [-0.1, -0.05) is 0 Å². The fourth-order valence-corrected chi connectivity index (χ4v) is 4.46. The van der Waals surface area contributed by atoms with E-state index in [-0.39, 0.29) is 23.8 Å². The molecule has 1 aromatic heterocycles. The molecule has 0 radical (unpaired) electrons. The quantitative estimate of drug-likeness (QED) is 0.785. The lowest BCUT2D eigenvalue weighted by Crippen LogP contribution is -2.55. The molecule has 1 atom stereocenters. The standard InChI is InChI=1S/C17H25N5O3/c23-15(12-22-18-6-7-19-22)20-9-5-17(13-20)4-1-8-21(16(17)24)14-2-10-25-11-3-14/h6-7,14H,1-5,8-13H2. The van der Waals surface area contributed by atoms with E-state index in [1.165, 1.54) is 4.80 Å². The Bertz CT molecular complexity index is 628. The van der Waals surface area contributed by atoms with Crippen LogP contribution >= 0.6 is 0 Å². The van der Waals surface area contributed by atoms with Crippen LogP contribution in [0.15, 0.2) is 12.4 Å². The fourth-order valence-electron chi connectivity index (χ4n) is 4.46. The average molecular weight is 347 g/mol. The molecule has 4 rings (SSSR count). The van der Waals surface area contributed by atoms with Crippen molar-refractivity contribution in [1.82, 2.24) is 24.8 Å². The number of aromatic nitrogens is 3. The first-order valence-electron chi connectivity index (χ1n) is 9.19. The van der Waals surface area contributed by atoms with Gasteiger partial charge in [0.25, 0.3) is 0 Å². The van der Waals surface area contributed by atoms with Gasteiger partial charge >= 0.3 is 0 Å². The molecule has 25 heavy (non-hydrogen) atoms. The van der Waals surface area contributed by atoms with Gasteiger partial charge in [0.15, 0.2) is 0 Å². The minimum Gasteiger partial charge on any atom is -0.381 e. The highest BCUT2D eigenvalue weighted by atomic mass is 16.5. The number of nitrogens with zero attached hydrogens (tertiary/aromatic N) is 5. The van der Waals surface area contributed by atoms with E-state index in [1.807, 2.05) is 4.90 Å². The molecule has 8 nitrogen and oxygen atoms in total. The highest BCUT2D eigenvalue weighted by Gasteiger charge is 2.50. The minimum absolute atomic E-state index is 0.0101. The molecular weight excluding hydrogens is 322 g/mol. The van der Waals surface area contributed by atoms with Gasteiger partial charge in [-0.05, 0) is 32.1 Å². The lowest BCUT2D eigenvalue weighted by Gasteiger charge is -2.44. The van der Waals surface area contributed by atoms with Gasteiger partial charge in [-0.2, -0.15) is 15.0 Å². The second kappa shape index (κ2) is 6.74. The summed E-state index contributed by atoms with van der Waals surface area (Å²) in [7, 11) is 0. The maximum atomic E-state index is 13.3. The van der Waals surface area contributed by atoms with Crippen LogP contribution < -0.4 is 0 Å². The summed E-state index contributed by atoms with van der Waals surface area (Å²) >= 11 is 0. The normalized spacial score (nSPS) is 28.1. The predicted octanol–water partition coefficient (Wildman–Crippen LogP) is 0.298. The fraction of sp³-hybridized carbons (Fsp3) is 0.765. The number of hydrogen-bond acceptors (Lipinski definition) is 5. The zero-order valence-electron chi connectivity index (χ0n) is 14.5. The van der Waals surface area contributed by atoms with Crippen LogP contribution in [0.1, 0.15) is 32.1 Å². The maximum Gasteiger partial charge on any atom is 0.246 e. The number of amides is 2. The van der Waals surface area contributed by atoms with Gasteiger partial charge in [0.1, 0.15) is 6.54 Å². The van der Waals surface area contributed by atoms with E-state index in [4.69, 9.17) is 4.74 Å².